The minimum absolute atomic E-state index is 0.124. The zero-order valence-electron chi connectivity index (χ0n) is 12.6. The Labute approximate surface area is 142 Å². The molecule has 0 unspecified atom stereocenters. The lowest BCUT2D eigenvalue weighted by Crippen LogP contribution is -2.04. The number of fused-ring (bicyclic) bond motifs is 1. The number of furan rings is 1. The lowest BCUT2D eigenvalue weighted by molar-refractivity contribution is 0.0434. The van der Waals surface area contributed by atoms with E-state index in [9.17, 15) is 4.79 Å². The van der Waals surface area contributed by atoms with Gasteiger partial charge in [-0.3, -0.25) is 0 Å². The summed E-state index contributed by atoms with van der Waals surface area (Å²) in [6.07, 6.45) is 0. The summed E-state index contributed by atoms with van der Waals surface area (Å²) in [7, 11) is 0. The Morgan fingerprint density at radius 1 is 1.08 bits per heavy atom. The molecule has 0 aliphatic rings. The maximum atomic E-state index is 12.1. The van der Waals surface area contributed by atoms with Gasteiger partial charge >= 0.3 is 5.97 Å². The molecule has 0 aliphatic heterocycles. The van der Waals surface area contributed by atoms with Crippen LogP contribution in [-0.4, -0.2) is 11.0 Å². The van der Waals surface area contributed by atoms with Gasteiger partial charge in [0.2, 0.25) is 5.76 Å². The van der Waals surface area contributed by atoms with Crippen molar-refractivity contribution in [2.75, 3.05) is 0 Å². The first kappa shape index (κ1) is 14.7. The standard InChI is InChI=1S/C19H13NO3S/c21-19(17-10-14-8-4-5-9-16(14)23-17)22-11-15-12-24-18(20-15)13-6-2-1-3-7-13/h1-10,12H,11H2. The van der Waals surface area contributed by atoms with Gasteiger partial charge in [-0.1, -0.05) is 48.5 Å². The highest BCUT2D eigenvalue weighted by atomic mass is 32.1. The maximum absolute atomic E-state index is 12.1. The second kappa shape index (κ2) is 6.29. The Morgan fingerprint density at radius 3 is 2.71 bits per heavy atom. The van der Waals surface area contributed by atoms with E-state index in [-0.39, 0.29) is 12.4 Å². The molecular formula is C19H13NO3S. The highest BCUT2D eigenvalue weighted by Gasteiger charge is 2.14. The topological polar surface area (TPSA) is 52.3 Å². The quantitative estimate of drug-likeness (QED) is 0.497. The van der Waals surface area contributed by atoms with E-state index < -0.39 is 5.97 Å². The number of nitrogens with zero attached hydrogens (tertiary/aromatic N) is 1. The van der Waals surface area contributed by atoms with Crippen molar-refractivity contribution < 1.29 is 13.9 Å². The van der Waals surface area contributed by atoms with E-state index in [0.717, 1.165) is 21.7 Å². The molecule has 0 saturated carbocycles. The Balaban J connectivity index is 1.45. The van der Waals surface area contributed by atoms with E-state index in [4.69, 9.17) is 9.15 Å². The summed E-state index contributed by atoms with van der Waals surface area (Å²) in [4.78, 5) is 16.6. The minimum atomic E-state index is -0.486. The number of benzene rings is 2. The summed E-state index contributed by atoms with van der Waals surface area (Å²) in [6.45, 7) is 0.124. The molecule has 2 heterocycles. The van der Waals surface area contributed by atoms with Crippen molar-refractivity contribution in [3.8, 4) is 10.6 Å². The van der Waals surface area contributed by atoms with Gasteiger partial charge in [-0.15, -0.1) is 11.3 Å². The normalized spacial score (nSPS) is 10.8. The number of para-hydroxylation sites is 1. The number of rotatable bonds is 4. The molecule has 0 fully saturated rings. The molecule has 2 aromatic carbocycles. The lowest BCUT2D eigenvalue weighted by Gasteiger charge is -1.99. The van der Waals surface area contributed by atoms with Gasteiger partial charge in [-0.25, -0.2) is 9.78 Å². The van der Waals surface area contributed by atoms with Crippen molar-refractivity contribution >= 4 is 28.3 Å². The van der Waals surface area contributed by atoms with Crippen molar-refractivity contribution in [3.05, 3.63) is 77.5 Å². The van der Waals surface area contributed by atoms with E-state index in [2.05, 4.69) is 4.98 Å². The highest BCUT2D eigenvalue weighted by molar-refractivity contribution is 7.13. The van der Waals surface area contributed by atoms with Crippen LogP contribution < -0.4 is 0 Å². The summed E-state index contributed by atoms with van der Waals surface area (Å²) in [5.41, 5.74) is 2.45. The number of thiazole rings is 1. The number of hydrogen-bond acceptors (Lipinski definition) is 5. The van der Waals surface area contributed by atoms with Crippen molar-refractivity contribution in [3.63, 3.8) is 0 Å². The number of aromatic nitrogens is 1. The van der Waals surface area contributed by atoms with Gasteiger partial charge in [0.25, 0.3) is 0 Å². The van der Waals surface area contributed by atoms with Crippen LogP contribution in [0.2, 0.25) is 0 Å². The fraction of sp³-hybridized carbons (Fsp3) is 0.0526. The van der Waals surface area contributed by atoms with Crippen LogP contribution in [0.4, 0.5) is 0 Å². The molecule has 4 rings (SSSR count). The molecule has 2 aromatic heterocycles. The Kier molecular flexibility index (Phi) is 3.84. The first-order chi connectivity index (χ1) is 11.8. The average molecular weight is 335 g/mol. The van der Waals surface area contributed by atoms with Crippen LogP contribution in [0, 0.1) is 0 Å². The summed E-state index contributed by atoms with van der Waals surface area (Å²) >= 11 is 1.53. The predicted molar refractivity (Wildman–Crippen MR) is 92.9 cm³/mol. The van der Waals surface area contributed by atoms with Crippen molar-refractivity contribution in [1.29, 1.82) is 0 Å². The van der Waals surface area contributed by atoms with Crippen LogP contribution in [0.5, 0.6) is 0 Å². The van der Waals surface area contributed by atoms with Gasteiger partial charge < -0.3 is 9.15 Å². The van der Waals surface area contributed by atoms with Crippen LogP contribution in [0.3, 0.4) is 0 Å². The lowest BCUT2D eigenvalue weighted by atomic mass is 10.2. The van der Waals surface area contributed by atoms with Gasteiger partial charge in [-0.05, 0) is 12.1 Å². The Bertz CT molecular complexity index is 955. The molecule has 4 nitrogen and oxygen atoms in total. The smallest absolute Gasteiger partial charge is 0.374 e. The van der Waals surface area contributed by atoms with Crippen LogP contribution >= 0.6 is 11.3 Å². The molecule has 0 spiro atoms. The number of hydrogen-bond donors (Lipinski definition) is 0. The Hall–Kier alpha value is -2.92. The molecule has 0 aliphatic carbocycles. The van der Waals surface area contributed by atoms with E-state index in [1.165, 1.54) is 11.3 Å². The van der Waals surface area contributed by atoms with Gasteiger partial charge in [-0.2, -0.15) is 0 Å². The number of esters is 1. The fourth-order valence-electron chi connectivity index (χ4n) is 2.38. The molecular weight excluding hydrogens is 322 g/mol. The SMILES string of the molecule is O=C(OCc1csc(-c2ccccc2)n1)c1cc2ccccc2o1. The Morgan fingerprint density at radius 2 is 1.88 bits per heavy atom. The number of carbonyl (C=O) groups is 1. The fourth-order valence-corrected chi connectivity index (χ4v) is 3.19. The van der Waals surface area contributed by atoms with Crippen LogP contribution in [-0.2, 0) is 11.3 Å². The number of carbonyl (C=O) groups excluding carboxylic acids is 1. The zero-order valence-corrected chi connectivity index (χ0v) is 13.5. The van der Waals surface area contributed by atoms with E-state index >= 15 is 0 Å². The first-order valence-corrected chi connectivity index (χ1v) is 8.33. The maximum Gasteiger partial charge on any atom is 0.374 e. The molecule has 0 radical (unpaired) electrons. The largest absolute Gasteiger partial charge is 0.453 e. The van der Waals surface area contributed by atoms with Gasteiger partial charge in [0.05, 0.1) is 5.69 Å². The number of ether oxygens (including phenoxy) is 1. The van der Waals surface area contributed by atoms with Gasteiger partial charge in [0.1, 0.15) is 17.2 Å². The monoisotopic (exact) mass is 335 g/mol. The first-order valence-electron chi connectivity index (χ1n) is 7.45. The molecule has 0 atom stereocenters. The van der Waals surface area contributed by atoms with Crippen molar-refractivity contribution in [1.82, 2.24) is 4.98 Å². The van der Waals surface area contributed by atoms with Crippen molar-refractivity contribution in [2.45, 2.75) is 6.61 Å². The van der Waals surface area contributed by atoms with E-state index in [0.29, 0.717) is 5.58 Å². The third-order valence-electron chi connectivity index (χ3n) is 3.55. The second-order valence-electron chi connectivity index (χ2n) is 5.23. The van der Waals surface area contributed by atoms with E-state index in [1.54, 1.807) is 6.07 Å². The minimum Gasteiger partial charge on any atom is -0.453 e. The molecule has 0 saturated heterocycles. The molecule has 24 heavy (non-hydrogen) atoms. The van der Waals surface area contributed by atoms with E-state index in [1.807, 2.05) is 60.0 Å². The third kappa shape index (κ3) is 2.94. The average Bonchev–Trinajstić information content (AvgIpc) is 3.27. The van der Waals surface area contributed by atoms with Crippen LogP contribution in [0.25, 0.3) is 21.5 Å². The molecule has 0 amide bonds. The molecule has 0 bridgehead atoms. The molecule has 4 aromatic rings. The molecule has 0 N–H and O–H groups in total. The molecule has 118 valence electrons. The zero-order chi connectivity index (χ0) is 16.4. The third-order valence-corrected chi connectivity index (χ3v) is 4.49. The predicted octanol–water partition coefficient (Wildman–Crippen LogP) is 4.91. The molecule has 5 heteroatoms. The summed E-state index contributed by atoms with van der Waals surface area (Å²) < 4.78 is 10.8. The summed E-state index contributed by atoms with van der Waals surface area (Å²) in [5, 5.41) is 3.68. The second-order valence-corrected chi connectivity index (χ2v) is 6.09. The van der Waals surface area contributed by atoms with Crippen molar-refractivity contribution in [2.24, 2.45) is 0 Å². The van der Waals surface area contributed by atoms with Crippen LogP contribution in [0.1, 0.15) is 16.2 Å². The highest BCUT2D eigenvalue weighted by Crippen LogP contribution is 2.24. The summed E-state index contributed by atoms with van der Waals surface area (Å²) in [5.74, 6) is -0.282. The van der Waals surface area contributed by atoms with Gasteiger partial charge in [0.15, 0.2) is 0 Å². The van der Waals surface area contributed by atoms with Crippen LogP contribution in [0.15, 0.2) is 70.5 Å². The van der Waals surface area contributed by atoms with Gasteiger partial charge in [0, 0.05) is 16.3 Å². The summed E-state index contributed by atoms with van der Waals surface area (Å²) in [6, 6.07) is 19.1.